The number of carbonyl (C=O) groups is 2. The van der Waals surface area contributed by atoms with Crippen molar-refractivity contribution < 1.29 is 14.0 Å². The van der Waals surface area contributed by atoms with Gasteiger partial charge >= 0.3 is 0 Å². The van der Waals surface area contributed by atoms with E-state index in [-0.39, 0.29) is 23.4 Å². The number of nitrogens with one attached hydrogen (secondary N) is 1. The van der Waals surface area contributed by atoms with Gasteiger partial charge in [0, 0.05) is 16.7 Å². The van der Waals surface area contributed by atoms with Crippen LogP contribution in [0.5, 0.6) is 0 Å². The van der Waals surface area contributed by atoms with Gasteiger partial charge in [0.05, 0.1) is 0 Å². The Morgan fingerprint density at radius 2 is 1.55 bits per heavy atom. The molecule has 170 valence electrons. The van der Waals surface area contributed by atoms with Gasteiger partial charge < -0.3 is 16.8 Å². The molecule has 33 heavy (non-hydrogen) atoms. The van der Waals surface area contributed by atoms with Crippen molar-refractivity contribution >= 4 is 11.8 Å². The Morgan fingerprint density at radius 1 is 0.879 bits per heavy atom. The van der Waals surface area contributed by atoms with Crippen LogP contribution in [0.2, 0.25) is 0 Å². The number of piperidine rings is 1. The Hall–Kier alpha value is -3.51. The lowest BCUT2D eigenvalue weighted by Gasteiger charge is -2.22. The van der Waals surface area contributed by atoms with E-state index in [2.05, 4.69) is 17.4 Å². The zero-order valence-corrected chi connectivity index (χ0v) is 18.4. The lowest BCUT2D eigenvalue weighted by atomic mass is 9.89. The molecule has 0 unspecified atom stereocenters. The van der Waals surface area contributed by atoms with Crippen molar-refractivity contribution in [1.82, 2.24) is 5.32 Å². The average Bonchev–Trinajstić information content (AvgIpc) is 2.81. The molecule has 1 heterocycles. The quantitative estimate of drug-likeness (QED) is 0.516. The second-order valence-electron chi connectivity index (χ2n) is 8.65. The number of benzene rings is 3. The first-order chi connectivity index (χ1) is 15.9. The van der Waals surface area contributed by atoms with Crippen LogP contribution in [0, 0.1) is 11.7 Å². The largest absolute Gasteiger partial charge is 0.366 e. The lowest BCUT2D eigenvalue weighted by molar-refractivity contribution is 0.0999. The minimum atomic E-state index is -0.638. The van der Waals surface area contributed by atoms with Gasteiger partial charge in [0.2, 0.25) is 11.8 Å². The highest BCUT2D eigenvalue weighted by molar-refractivity contribution is 6.01. The van der Waals surface area contributed by atoms with Gasteiger partial charge in [-0.15, -0.1) is 0 Å². The highest BCUT2D eigenvalue weighted by Gasteiger charge is 2.18. The van der Waals surface area contributed by atoms with Crippen molar-refractivity contribution in [3.8, 4) is 11.1 Å². The molecule has 0 saturated carbocycles. The minimum absolute atomic E-state index is 0.236. The van der Waals surface area contributed by atoms with Crippen LogP contribution in [0.25, 0.3) is 11.1 Å². The van der Waals surface area contributed by atoms with Crippen LogP contribution in [-0.2, 0) is 12.8 Å². The fraction of sp³-hybridized carbons (Fsp3) is 0.259. The molecule has 2 amide bonds. The first-order valence-electron chi connectivity index (χ1n) is 11.2. The van der Waals surface area contributed by atoms with Crippen LogP contribution in [0.3, 0.4) is 0 Å². The zero-order valence-electron chi connectivity index (χ0n) is 18.4. The molecule has 1 aliphatic rings. The van der Waals surface area contributed by atoms with Crippen molar-refractivity contribution in [3.05, 3.63) is 94.3 Å². The van der Waals surface area contributed by atoms with E-state index in [0.717, 1.165) is 43.5 Å². The number of nitrogens with two attached hydrogens (primary N) is 2. The topological polar surface area (TPSA) is 98.2 Å². The molecule has 0 atom stereocenters. The fourth-order valence-corrected chi connectivity index (χ4v) is 4.63. The van der Waals surface area contributed by atoms with Crippen LogP contribution in [0.15, 0.2) is 60.7 Å². The Labute approximate surface area is 193 Å². The van der Waals surface area contributed by atoms with Crippen LogP contribution in [0.4, 0.5) is 4.39 Å². The van der Waals surface area contributed by atoms with E-state index in [0.29, 0.717) is 17.0 Å². The molecule has 3 aromatic rings. The fourth-order valence-electron chi connectivity index (χ4n) is 4.63. The molecule has 0 spiro atoms. The van der Waals surface area contributed by atoms with E-state index in [1.54, 1.807) is 30.3 Å². The minimum Gasteiger partial charge on any atom is -0.366 e. The summed E-state index contributed by atoms with van der Waals surface area (Å²) < 4.78 is 14.8. The molecule has 1 fully saturated rings. The first-order valence-corrected chi connectivity index (χ1v) is 11.2. The monoisotopic (exact) mass is 445 g/mol. The molecule has 4 rings (SSSR count). The first kappa shape index (κ1) is 22.7. The summed E-state index contributed by atoms with van der Waals surface area (Å²) in [5, 5.41) is 3.39. The SMILES string of the molecule is NC(=O)c1cccc(C(N)=O)c1Cc1ccc(F)c(-c2cccc(CC3CCNCC3)c2)c1. The normalized spacial score (nSPS) is 14.2. The van der Waals surface area contributed by atoms with Crippen LogP contribution >= 0.6 is 0 Å². The lowest BCUT2D eigenvalue weighted by Crippen LogP contribution is -2.28. The molecule has 1 saturated heterocycles. The number of carbonyl (C=O) groups excluding carboxylic acids is 2. The summed E-state index contributed by atoms with van der Waals surface area (Å²) in [6.07, 6.45) is 3.51. The molecular formula is C27H28FN3O2. The maximum Gasteiger partial charge on any atom is 0.249 e. The third kappa shape index (κ3) is 5.29. The van der Waals surface area contributed by atoms with Crippen molar-refractivity contribution in [2.75, 3.05) is 13.1 Å². The van der Waals surface area contributed by atoms with E-state index in [1.807, 2.05) is 12.1 Å². The number of rotatable bonds is 7. The van der Waals surface area contributed by atoms with Gasteiger partial charge in [0.1, 0.15) is 5.82 Å². The molecule has 5 N–H and O–H groups in total. The van der Waals surface area contributed by atoms with Gasteiger partial charge in [0.25, 0.3) is 0 Å². The van der Waals surface area contributed by atoms with Crippen LogP contribution < -0.4 is 16.8 Å². The van der Waals surface area contributed by atoms with E-state index >= 15 is 0 Å². The number of primary amides is 2. The number of hydrogen-bond acceptors (Lipinski definition) is 3. The smallest absolute Gasteiger partial charge is 0.249 e. The summed E-state index contributed by atoms with van der Waals surface area (Å²) >= 11 is 0. The summed E-state index contributed by atoms with van der Waals surface area (Å²) in [4.78, 5) is 23.9. The van der Waals surface area contributed by atoms with Crippen LogP contribution in [-0.4, -0.2) is 24.9 Å². The van der Waals surface area contributed by atoms with Gasteiger partial charge in [-0.25, -0.2) is 4.39 Å². The maximum atomic E-state index is 14.8. The molecule has 1 aliphatic heterocycles. The Balaban J connectivity index is 1.66. The molecule has 5 nitrogen and oxygen atoms in total. The number of hydrogen-bond donors (Lipinski definition) is 3. The third-order valence-electron chi connectivity index (χ3n) is 6.34. The van der Waals surface area contributed by atoms with Crippen molar-refractivity contribution in [2.45, 2.75) is 25.7 Å². The van der Waals surface area contributed by atoms with E-state index in [9.17, 15) is 14.0 Å². The molecule has 0 bridgehead atoms. The van der Waals surface area contributed by atoms with Gasteiger partial charge in [0.15, 0.2) is 0 Å². The molecule has 0 aliphatic carbocycles. The highest BCUT2D eigenvalue weighted by atomic mass is 19.1. The Morgan fingerprint density at radius 3 is 2.21 bits per heavy atom. The predicted molar refractivity (Wildman–Crippen MR) is 127 cm³/mol. The van der Waals surface area contributed by atoms with Crippen LogP contribution in [0.1, 0.15) is 50.2 Å². The maximum absolute atomic E-state index is 14.8. The summed E-state index contributed by atoms with van der Waals surface area (Å²) in [7, 11) is 0. The van der Waals surface area contributed by atoms with E-state index in [4.69, 9.17) is 11.5 Å². The summed E-state index contributed by atoms with van der Waals surface area (Å²) in [6, 6.07) is 17.6. The predicted octanol–water partition coefficient (Wildman–Crippen LogP) is 3.82. The molecule has 0 radical (unpaired) electrons. The summed E-state index contributed by atoms with van der Waals surface area (Å²) in [6.45, 7) is 2.09. The standard InChI is InChI=1S/C27H28FN3O2/c28-25-8-7-19(16-24-21(26(29)32)5-2-6-22(24)27(30)33)15-23(25)20-4-1-3-18(14-20)13-17-9-11-31-12-10-17/h1-8,14-15,17,31H,9-13,16H2,(H2,29,32)(H2,30,33). The van der Waals surface area contributed by atoms with Gasteiger partial charge in [-0.3, -0.25) is 9.59 Å². The highest BCUT2D eigenvalue weighted by Crippen LogP contribution is 2.28. The molecular weight excluding hydrogens is 417 g/mol. The number of amides is 2. The summed E-state index contributed by atoms with van der Waals surface area (Å²) in [5.74, 6) is -0.964. The van der Waals surface area contributed by atoms with Crippen molar-refractivity contribution in [3.63, 3.8) is 0 Å². The van der Waals surface area contributed by atoms with Gasteiger partial charge in [-0.05, 0) is 91.2 Å². The Kier molecular flexibility index (Phi) is 6.84. The third-order valence-corrected chi connectivity index (χ3v) is 6.34. The van der Waals surface area contributed by atoms with E-state index in [1.165, 1.54) is 11.6 Å². The molecule has 6 heteroatoms. The van der Waals surface area contributed by atoms with Crippen molar-refractivity contribution in [2.24, 2.45) is 17.4 Å². The second-order valence-corrected chi connectivity index (χ2v) is 8.65. The second kappa shape index (κ2) is 9.96. The van der Waals surface area contributed by atoms with Gasteiger partial charge in [-0.2, -0.15) is 0 Å². The molecule has 3 aromatic carbocycles. The van der Waals surface area contributed by atoms with Crippen molar-refractivity contribution in [1.29, 1.82) is 0 Å². The molecule has 0 aromatic heterocycles. The van der Waals surface area contributed by atoms with E-state index < -0.39 is 11.8 Å². The zero-order chi connectivity index (χ0) is 23.4. The van der Waals surface area contributed by atoms with Gasteiger partial charge in [-0.1, -0.05) is 36.4 Å². The summed E-state index contributed by atoms with van der Waals surface area (Å²) in [5.41, 5.74) is 15.2. The Bertz CT molecular complexity index is 1150. The number of halogens is 1. The average molecular weight is 446 g/mol.